The molecule has 1 aliphatic rings. The van der Waals surface area contributed by atoms with E-state index in [-0.39, 0.29) is 17.8 Å². The van der Waals surface area contributed by atoms with Crippen molar-refractivity contribution in [1.29, 1.82) is 0 Å². The summed E-state index contributed by atoms with van der Waals surface area (Å²) in [4.78, 5) is 25.5. The van der Waals surface area contributed by atoms with Crippen molar-refractivity contribution in [2.75, 3.05) is 25.9 Å². The molecule has 1 amide bonds. The van der Waals surface area contributed by atoms with Crippen molar-refractivity contribution in [2.45, 2.75) is 13.3 Å². The number of nitrogens with two attached hydrogens (primary N) is 1. The molecule has 0 aliphatic carbocycles. The fourth-order valence-corrected chi connectivity index (χ4v) is 2.34. The Morgan fingerprint density at radius 2 is 2.16 bits per heavy atom. The van der Waals surface area contributed by atoms with E-state index in [1.165, 1.54) is 7.11 Å². The van der Waals surface area contributed by atoms with Crippen LogP contribution in [0.3, 0.4) is 0 Å². The zero-order valence-corrected chi connectivity index (χ0v) is 11.2. The van der Waals surface area contributed by atoms with E-state index in [0.29, 0.717) is 30.8 Å². The maximum absolute atomic E-state index is 12.4. The number of carbonyl (C=O) groups excluding carboxylic acids is 2. The maximum atomic E-state index is 12.4. The van der Waals surface area contributed by atoms with E-state index >= 15 is 0 Å². The van der Waals surface area contributed by atoms with Crippen LogP contribution in [0.15, 0.2) is 18.2 Å². The molecule has 5 heteroatoms. The standard InChI is InChI=1S/C14H18N2O3/c1-9-3-4-11(15)7-12(9)13(17)16-6-5-10(8-16)14(18)19-2/h3-4,7,10H,5-6,8,15H2,1-2H3. The lowest BCUT2D eigenvalue weighted by Crippen LogP contribution is -2.30. The van der Waals surface area contributed by atoms with Crippen molar-refractivity contribution >= 4 is 17.6 Å². The van der Waals surface area contributed by atoms with Gasteiger partial charge >= 0.3 is 5.97 Å². The molecule has 0 aromatic heterocycles. The zero-order valence-electron chi connectivity index (χ0n) is 11.2. The number of amides is 1. The van der Waals surface area contributed by atoms with E-state index in [1.807, 2.05) is 13.0 Å². The number of rotatable bonds is 2. The predicted molar refractivity (Wildman–Crippen MR) is 71.6 cm³/mol. The lowest BCUT2D eigenvalue weighted by molar-refractivity contribution is -0.144. The molecule has 1 atom stereocenters. The Balaban J connectivity index is 2.13. The minimum atomic E-state index is -0.250. The van der Waals surface area contributed by atoms with Crippen molar-refractivity contribution in [2.24, 2.45) is 5.92 Å². The summed E-state index contributed by atoms with van der Waals surface area (Å²) in [6, 6.07) is 5.28. The van der Waals surface area contributed by atoms with Crippen LogP contribution in [0.1, 0.15) is 22.3 Å². The van der Waals surface area contributed by atoms with Gasteiger partial charge in [0.15, 0.2) is 0 Å². The number of nitrogens with zero attached hydrogens (tertiary/aromatic N) is 1. The van der Waals surface area contributed by atoms with E-state index in [9.17, 15) is 9.59 Å². The molecule has 0 spiro atoms. The van der Waals surface area contributed by atoms with Gasteiger partial charge in [0.25, 0.3) is 5.91 Å². The molecule has 1 aromatic rings. The van der Waals surface area contributed by atoms with Gasteiger partial charge in [0.2, 0.25) is 0 Å². The van der Waals surface area contributed by atoms with Gasteiger partial charge in [-0.1, -0.05) is 6.07 Å². The molecular formula is C14H18N2O3. The first-order chi connectivity index (χ1) is 9.02. The monoisotopic (exact) mass is 262 g/mol. The SMILES string of the molecule is COC(=O)C1CCN(C(=O)c2cc(N)ccc2C)C1. The van der Waals surface area contributed by atoms with Gasteiger partial charge in [-0.05, 0) is 31.0 Å². The molecule has 1 fully saturated rings. The van der Waals surface area contributed by atoms with Gasteiger partial charge in [0.05, 0.1) is 13.0 Å². The summed E-state index contributed by atoms with van der Waals surface area (Å²) in [6.07, 6.45) is 0.653. The number of carbonyl (C=O) groups is 2. The van der Waals surface area contributed by atoms with Crippen LogP contribution in [-0.2, 0) is 9.53 Å². The van der Waals surface area contributed by atoms with Crippen LogP contribution in [-0.4, -0.2) is 37.0 Å². The van der Waals surface area contributed by atoms with E-state index in [2.05, 4.69) is 0 Å². The number of benzene rings is 1. The van der Waals surface area contributed by atoms with Crippen LogP contribution in [0, 0.1) is 12.8 Å². The minimum Gasteiger partial charge on any atom is -0.469 e. The number of nitrogen functional groups attached to an aromatic ring is 1. The number of likely N-dealkylation sites (tertiary alicyclic amines) is 1. The summed E-state index contributed by atoms with van der Waals surface area (Å²) >= 11 is 0. The molecular weight excluding hydrogens is 244 g/mol. The average molecular weight is 262 g/mol. The summed E-state index contributed by atoms with van der Waals surface area (Å²) in [7, 11) is 1.37. The average Bonchev–Trinajstić information content (AvgIpc) is 2.89. The Kier molecular flexibility index (Phi) is 3.74. The summed E-state index contributed by atoms with van der Waals surface area (Å²) in [6.45, 7) is 2.87. The number of anilines is 1. The highest BCUT2D eigenvalue weighted by molar-refractivity contribution is 5.97. The minimum absolute atomic E-state index is 0.0730. The van der Waals surface area contributed by atoms with Crippen LogP contribution in [0.25, 0.3) is 0 Å². The molecule has 1 saturated heterocycles. The molecule has 1 heterocycles. The number of hydrogen-bond donors (Lipinski definition) is 1. The van der Waals surface area contributed by atoms with Crippen molar-refractivity contribution in [3.63, 3.8) is 0 Å². The lowest BCUT2D eigenvalue weighted by Gasteiger charge is -2.17. The highest BCUT2D eigenvalue weighted by Gasteiger charge is 2.32. The Bertz CT molecular complexity index is 513. The fourth-order valence-electron chi connectivity index (χ4n) is 2.34. The molecule has 2 N–H and O–H groups in total. The third-order valence-corrected chi connectivity index (χ3v) is 3.50. The number of hydrogen-bond acceptors (Lipinski definition) is 4. The van der Waals surface area contributed by atoms with Gasteiger partial charge in [-0.15, -0.1) is 0 Å². The predicted octanol–water partition coefficient (Wildman–Crippen LogP) is 1.21. The number of aryl methyl sites for hydroxylation is 1. The molecule has 5 nitrogen and oxygen atoms in total. The Morgan fingerprint density at radius 1 is 1.42 bits per heavy atom. The number of ether oxygens (including phenoxy) is 1. The van der Waals surface area contributed by atoms with Gasteiger partial charge in [-0.25, -0.2) is 0 Å². The summed E-state index contributed by atoms with van der Waals surface area (Å²) in [5.41, 5.74) is 7.78. The first kappa shape index (κ1) is 13.4. The number of methoxy groups -OCH3 is 1. The molecule has 0 saturated carbocycles. The van der Waals surface area contributed by atoms with Gasteiger partial charge in [0, 0.05) is 24.3 Å². The van der Waals surface area contributed by atoms with Crippen LogP contribution < -0.4 is 5.73 Å². The van der Waals surface area contributed by atoms with E-state index in [0.717, 1.165) is 5.56 Å². The van der Waals surface area contributed by atoms with Gasteiger partial charge in [0.1, 0.15) is 0 Å². The second-order valence-corrected chi connectivity index (χ2v) is 4.83. The van der Waals surface area contributed by atoms with E-state index < -0.39 is 0 Å². The largest absolute Gasteiger partial charge is 0.469 e. The quantitative estimate of drug-likeness (QED) is 0.642. The Morgan fingerprint density at radius 3 is 2.84 bits per heavy atom. The first-order valence-corrected chi connectivity index (χ1v) is 6.26. The maximum Gasteiger partial charge on any atom is 0.310 e. The Labute approximate surface area is 112 Å². The second-order valence-electron chi connectivity index (χ2n) is 4.83. The molecule has 102 valence electrons. The summed E-state index contributed by atoms with van der Waals surface area (Å²) in [5.74, 6) is -0.536. The first-order valence-electron chi connectivity index (χ1n) is 6.26. The molecule has 1 unspecified atom stereocenters. The summed E-state index contributed by atoms with van der Waals surface area (Å²) < 4.78 is 4.71. The fraction of sp³-hybridized carbons (Fsp3) is 0.429. The molecule has 19 heavy (non-hydrogen) atoms. The molecule has 0 radical (unpaired) electrons. The van der Waals surface area contributed by atoms with Crippen molar-refractivity contribution in [3.8, 4) is 0 Å². The van der Waals surface area contributed by atoms with E-state index in [1.54, 1.807) is 17.0 Å². The molecule has 1 aromatic carbocycles. The molecule has 1 aliphatic heterocycles. The van der Waals surface area contributed by atoms with Crippen molar-refractivity contribution in [3.05, 3.63) is 29.3 Å². The van der Waals surface area contributed by atoms with Crippen molar-refractivity contribution in [1.82, 2.24) is 4.90 Å². The third-order valence-electron chi connectivity index (χ3n) is 3.50. The van der Waals surface area contributed by atoms with Gasteiger partial charge in [-0.3, -0.25) is 9.59 Å². The van der Waals surface area contributed by atoms with Gasteiger partial charge < -0.3 is 15.4 Å². The highest BCUT2D eigenvalue weighted by Crippen LogP contribution is 2.22. The normalized spacial score (nSPS) is 18.4. The number of esters is 1. The molecule has 2 rings (SSSR count). The van der Waals surface area contributed by atoms with Crippen LogP contribution >= 0.6 is 0 Å². The highest BCUT2D eigenvalue weighted by atomic mass is 16.5. The lowest BCUT2D eigenvalue weighted by atomic mass is 10.1. The van der Waals surface area contributed by atoms with Crippen LogP contribution in [0.5, 0.6) is 0 Å². The van der Waals surface area contributed by atoms with Crippen LogP contribution in [0.4, 0.5) is 5.69 Å². The smallest absolute Gasteiger partial charge is 0.310 e. The second kappa shape index (κ2) is 5.30. The van der Waals surface area contributed by atoms with E-state index in [4.69, 9.17) is 10.5 Å². The molecule has 0 bridgehead atoms. The van der Waals surface area contributed by atoms with Crippen LogP contribution in [0.2, 0.25) is 0 Å². The Hall–Kier alpha value is -2.04. The summed E-state index contributed by atoms with van der Waals surface area (Å²) in [5, 5.41) is 0. The van der Waals surface area contributed by atoms with Gasteiger partial charge in [-0.2, -0.15) is 0 Å². The third kappa shape index (κ3) is 2.70. The topological polar surface area (TPSA) is 72.6 Å². The zero-order chi connectivity index (χ0) is 14.0. The van der Waals surface area contributed by atoms with Crippen molar-refractivity contribution < 1.29 is 14.3 Å².